The summed E-state index contributed by atoms with van der Waals surface area (Å²) < 4.78 is 14.0. The minimum atomic E-state index is 0.235. The first-order chi connectivity index (χ1) is 18.2. The second kappa shape index (κ2) is 10.3. The summed E-state index contributed by atoms with van der Waals surface area (Å²) in [5, 5.41) is 9.19. The third-order valence-corrected chi connectivity index (χ3v) is 6.55. The van der Waals surface area contributed by atoms with Crippen molar-refractivity contribution in [3.8, 4) is 28.5 Å². The van der Waals surface area contributed by atoms with E-state index in [9.17, 15) is 0 Å². The monoisotopic (exact) mass is 492 g/mol. The fraction of sp³-hybridized carbons (Fsp3) is 0.207. The molecule has 0 radical (unpaired) electrons. The highest BCUT2D eigenvalue weighted by Gasteiger charge is 2.23. The van der Waals surface area contributed by atoms with Crippen LogP contribution >= 0.6 is 0 Å². The van der Waals surface area contributed by atoms with Gasteiger partial charge in [0.25, 0.3) is 0 Å². The zero-order valence-electron chi connectivity index (χ0n) is 20.4. The first-order valence-corrected chi connectivity index (χ1v) is 12.5. The van der Waals surface area contributed by atoms with E-state index in [4.69, 9.17) is 20.3 Å². The van der Waals surface area contributed by atoms with E-state index in [1.165, 1.54) is 6.33 Å². The van der Waals surface area contributed by atoms with Crippen LogP contribution in [0.4, 0.5) is 5.82 Å². The van der Waals surface area contributed by atoms with E-state index in [1.54, 1.807) is 0 Å². The van der Waals surface area contributed by atoms with Crippen LogP contribution in [0.1, 0.15) is 24.4 Å². The van der Waals surface area contributed by atoms with Gasteiger partial charge in [-0.3, -0.25) is 0 Å². The van der Waals surface area contributed by atoms with Crippen LogP contribution in [0.2, 0.25) is 0 Å². The molecule has 5 aromatic rings. The molecule has 6 rings (SSSR count). The van der Waals surface area contributed by atoms with E-state index in [0.717, 1.165) is 59.5 Å². The maximum atomic E-state index is 6.29. The van der Waals surface area contributed by atoms with Crippen molar-refractivity contribution >= 4 is 16.9 Å². The number of nitrogens with two attached hydrogens (primary N) is 1. The molecule has 1 aliphatic rings. The maximum Gasteiger partial charge on any atom is 0.164 e. The molecule has 1 atom stereocenters. The Morgan fingerprint density at radius 2 is 1.76 bits per heavy atom. The average Bonchev–Trinajstić information content (AvgIpc) is 3.35. The number of piperidine rings is 1. The van der Waals surface area contributed by atoms with Gasteiger partial charge in [-0.2, -0.15) is 5.10 Å². The van der Waals surface area contributed by atoms with E-state index in [-0.39, 0.29) is 6.04 Å². The molecule has 186 valence electrons. The van der Waals surface area contributed by atoms with Gasteiger partial charge in [-0.1, -0.05) is 36.4 Å². The van der Waals surface area contributed by atoms with Crippen molar-refractivity contribution in [3.63, 3.8) is 0 Å². The molecule has 37 heavy (non-hydrogen) atoms. The number of nitrogens with one attached hydrogen (secondary N) is 1. The Balaban J connectivity index is 1.22. The third kappa shape index (κ3) is 4.96. The Morgan fingerprint density at radius 3 is 2.57 bits per heavy atom. The Labute approximate surface area is 215 Å². The topological polar surface area (TPSA) is 100 Å². The zero-order valence-corrected chi connectivity index (χ0v) is 20.4. The summed E-state index contributed by atoms with van der Waals surface area (Å²) >= 11 is 0. The molecule has 0 amide bonds. The number of rotatable bonds is 7. The molecule has 1 saturated heterocycles. The lowest BCUT2D eigenvalue weighted by atomic mass is 10.1. The molecular weight excluding hydrogens is 464 g/mol. The quantitative estimate of drug-likeness (QED) is 0.315. The highest BCUT2D eigenvalue weighted by molar-refractivity contribution is 5.98. The molecule has 8 heteroatoms. The summed E-state index contributed by atoms with van der Waals surface area (Å²) in [7, 11) is 0. The Bertz CT molecular complexity index is 1490. The molecule has 0 saturated carbocycles. The smallest absolute Gasteiger partial charge is 0.164 e. The van der Waals surface area contributed by atoms with Gasteiger partial charge in [0, 0.05) is 18.2 Å². The van der Waals surface area contributed by atoms with E-state index in [1.807, 2.05) is 83.5 Å². The van der Waals surface area contributed by atoms with Gasteiger partial charge in [-0.15, -0.1) is 0 Å². The molecule has 3 aromatic carbocycles. The SMILES string of the molecule is Nc1ncnc2c1c(-c1ccc(Oc3cccc(OCc4ccccc4)c3)cc1)nn2[C@@H]1CCCNC1. The number of hydrogen-bond acceptors (Lipinski definition) is 7. The lowest BCUT2D eigenvalue weighted by Gasteiger charge is -2.23. The van der Waals surface area contributed by atoms with Crippen LogP contribution in [0, 0.1) is 0 Å². The standard InChI is InChI=1S/C29H28N6O2/c30-28-26-27(34-35(29(26)33-19-32-28)22-8-5-15-31-17-22)21-11-13-23(14-12-21)37-25-10-4-9-24(16-25)36-18-20-6-2-1-3-7-20/h1-4,6-7,9-14,16,19,22,31H,5,8,15,17-18H2,(H2,30,32,33)/t22-/m1/s1. The number of fused-ring (bicyclic) bond motifs is 1. The molecule has 3 N–H and O–H groups in total. The molecule has 0 spiro atoms. The van der Waals surface area contributed by atoms with Crippen molar-refractivity contribution in [1.82, 2.24) is 25.1 Å². The Morgan fingerprint density at radius 1 is 0.919 bits per heavy atom. The minimum absolute atomic E-state index is 0.235. The zero-order chi connectivity index (χ0) is 25.0. The largest absolute Gasteiger partial charge is 0.489 e. The molecule has 3 heterocycles. The number of hydrogen-bond donors (Lipinski definition) is 2. The molecule has 8 nitrogen and oxygen atoms in total. The lowest BCUT2D eigenvalue weighted by molar-refractivity contribution is 0.304. The van der Waals surface area contributed by atoms with E-state index < -0.39 is 0 Å². The van der Waals surface area contributed by atoms with Crippen molar-refractivity contribution in [2.45, 2.75) is 25.5 Å². The predicted octanol–water partition coefficient (Wildman–Crippen LogP) is 5.37. The predicted molar refractivity (Wildman–Crippen MR) is 144 cm³/mol. The number of ether oxygens (including phenoxy) is 2. The molecule has 0 bridgehead atoms. The average molecular weight is 493 g/mol. The summed E-state index contributed by atoms with van der Waals surface area (Å²) in [6, 6.07) is 25.8. The van der Waals surface area contributed by atoms with Crippen LogP contribution in [-0.4, -0.2) is 32.8 Å². The number of benzene rings is 3. The van der Waals surface area contributed by atoms with Gasteiger partial charge in [0.1, 0.15) is 41.7 Å². The summed E-state index contributed by atoms with van der Waals surface area (Å²) in [5.74, 6) is 2.61. The summed E-state index contributed by atoms with van der Waals surface area (Å²) in [6.45, 7) is 2.40. The second-order valence-corrected chi connectivity index (χ2v) is 9.13. The van der Waals surface area contributed by atoms with Crippen molar-refractivity contribution in [2.24, 2.45) is 0 Å². The van der Waals surface area contributed by atoms with Crippen LogP contribution in [0.25, 0.3) is 22.3 Å². The van der Waals surface area contributed by atoms with Crippen molar-refractivity contribution in [2.75, 3.05) is 18.8 Å². The van der Waals surface area contributed by atoms with Gasteiger partial charge >= 0.3 is 0 Å². The minimum Gasteiger partial charge on any atom is -0.489 e. The Hall–Kier alpha value is -4.43. The lowest BCUT2D eigenvalue weighted by Crippen LogP contribution is -2.32. The van der Waals surface area contributed by atoms with Gasteiger partial charge in [0.15, 0.2) is 5.65 Å². The van der Waals surface area contributed by atoms with E-state index in [0.29, 0.717) is 23.9 Å². The van der Waals surface area contributed by atoms with Crippen LogP contribution in [-0.2, 0) is 6.61 Å². The van der Waals surface area contributed by atoms with Crippen molar-refractivity contribution < 1.29 is 9.47 Å². The maximum absolute atomic E-state index is 6.29. The van der Waals surface area contributed by atoms with Gasteiger partial charge in [-0.25, -0.2) is 14.6 Å². The van der Waals surface area contributed by atoms with Crippen molar-refractivity contribution in [3.05, 3.63) is 90.8 Å². The highest BCUT2D eigenvalue weighted by Crippen LogP contribution is 2.34. The fourth-order valence-corrected chi connectivity index (χ4v) is 4.68. The van der Waals surface area contributed by atoms with Crippen LogP contribution in [0.15, 0.2) is 85.2 Å². The molecule has 0 aliphatic carbocycles. The fourth-order valence-electron chi connectivity index (χ4n) is 4.68. The number of nitrogen functional groups attached to an aromatic ring is 1. The van der Waals surface area contributed by atoms with Crippen LogP contribution in [0.3, 0.4) is 0 Å². The Kier molecular flexibility index (Phi) is 6.39. The third-order valence-electron chi connectivity index (χ3n) is 6.55. The summed E-state index contributed by atoms with van der Waals surface area (Å²) in [5.41, 5.74) is 9.88. The van der Waals surface area contributed by atoms with Gasteiger partial charge in [0.2, 0.25) is 0 Å². The summed E-state index contributed by atoms with van der Waals surface area (Å²) in [6.07, 6.45) is 3.66. The summed E-state index contributed by atoms with van der Waals surface area (Å²) in [4.78, 5) is 8.75. The number of anilines is 1. The van der Waals surface area contributed by atoms with Gasteiger partial charge in [-0.05, 0) is 61.3 Å². The molecule has 2 aromatic heterocycles. The first kappa shape index (κ1) is 23.0. The first-order valence-electron chi connectivity index (χ1n) is 12.5. The van der Waals surface area contributed by atoms with E-state index >= 15 is 0 Å². The normalized spacial score (nSPS) is 15.5. The second-order valence-electron chi connectivity index (χ2n) is 9.13. The van der Waals surface area contributed by atoms with Crippen molar-refractivity contribution in [1.29, 1.82) is 0 Å². The van der Waals surface area contributed by atoms with Crippen LogP contribution < -0.4 is 20.5 Å². The molecule has 1 aliphatic heterocycles. The molecule has 1 fully saturated rings. The van der Waals surface area contributed by atoms with Gasteiger partial charge in [0.05, 0.1) is 11.4 Å². The number of nitrogens with zero attached hydrogens (tertiary/aromatic N) is 4. The highest BCUT2D eigenvalue weighted by atomic mass is 16.5. The molecular formula is C29H28N6O2. The van der Waals surface area contributed by atoms with Crippen LogP contribution in [0.5, 0.6) is 17.2 Å². The van der Waals surface area contributed by atoms with E-state index in [2.05, 4.69) is 15.3 Å². The molecule has 0 unspecified atom stereocenters. The van der Waals surface area contributed by atoms with Gasteiger partial charge < -0.3 is 20.5 Å². The number of aromatic nitrogens is 4.